The summed E-state index contributed by atoms with van der Waals surface area (Å²) in [6, 6.07) is 1.29. The van der Waals surface area contributed by atoms with Crippen molar-refractivity contribution in [3.8, 4) is 5.75 Å². The fourth-order valence-electron chi connectivity index (χ4n) is 2.88. The zero-order chi connectivity index (χ0) is 18.0. The molecule has 1 heterocycles. The molecular weight excluding hydrogens is 341 g/mol. The number of rotatable bonds is 5. The molecule has 132 valence electrons. The summed E-state index contributed by atoms with van der Waals surface area (Å²) in [5, 5.41) is 12.3. The first kappa shape index (κ1) is 18.5. The van der Waals surface area contributed by atoms with Crippen LogP contribution < -0.4 is 10.1 Å². The summed E-state index contributed by atoms with van der Waals surface area (Å²) in [5.41, 5.74) is 0.287. The summed E-state index contributed by atoms with van der Waals surface area (Å²) < 4.78 is 24.9. The number of benzene rings is 1. The van der Waals surface area contributed by atoms with Gasteiger partial charge < -0.3 is 19.9 Å². The molecule has 0 bridgehead atoms. The minimum absolute atomic E-state index is 0.00556. The van der Waals surface area contributed by atoms with Gasteiger partial charge in [-0.2, -0.15) is 0 Å². The number of carbonyl (C=O) groups excluding carboxylic acids is 2. The first-order valence-electron chi connectivity index (χ1n) is 7.51. The van der Waals surface area contributed by atoms with Crippen LogP contribution in [0.2, 0.25) is 5.02 Å². The van der Waals surface area contributed by atoms with Crippen molar-refractivity contribution in [1.29, 1.82) is 0 Å². The van der Waals surface area contributed by atoms with Crippen LogP contribution in [0.5, 0.6) is 5.75 Å². The van der Waals surface area contributed by atoms with Crippen LogP contribution in [0.15, 0.2) is 6.07 Å². The van der Waals surface area contributed by atoms with Gasteiger partial charge in [-0.05, 0) is 19.9 Å². The predicted molar refractivity (Wildman–Crippen MR) is 84.5 cm³/mol. The molecule has 6 nitrogen and oxygen atoms in total. The molecule has 8 heteroatoms. The van der Waals surface area contributed by atoms with E-state index in [2.05, 4.69) is 10.1 Å². The van der Waals surface area contributed by atoms with Crippen molar-refractivity contribution in [2.45, 2.75) is 25.9 Å². The molecule has 1 aromatic rings. The molecule has 2 N–H and O–H groups in total. The second-order valence-electron chi connectivity index (χ2n) is 5.47. The molecule has 1 aliphatic rings. The summed E-state index contributed by atoms with van der Waals surface area (Å²) in [4.78, 5) is 23.9. The monoisotopic (exact) mass is 359 g/mol. The van der Waals surface area contributed by atoms with Gasteiger partial charge in [-0.25, -0.2) is 4.39 Å². The van der Waals surface area contributed by atoms with Gasteiger partial charge >= 0.3 is 5.97 Å². The van der Waals surface area contributed by atoms with Gasteiger partial charge in [0.1, 0.15) is 17.5 Å². The molecule has 2 rings (SSSR count). The van der Waals surface area contributed by atoms with Gasteiger partial charge in [0.25, 0.3) is 0 Å². The highest BCUT2D eigenvalue weighted by Crippen LogP contribution is 2.43. The van der Waals surface area contributed by atoms with E-state index in [-0.39, 0.29) is 29.5 Å². The molecule has 0 radical (unpaired) electrons. The van der Waals surface area contributed by atoms with Crippen LogP contribution in [-0.2, 0) is 14.3 Å². The van der Waals surface area contributed by atoms with Crippen molar-refractivity contribution >= 4 is 23.5 Å². The molecule has 1 amide bonds. The third kappa shape index (κ3) is 3.18. The SMILES string of the molecule is CCOc1c([C@@H](C)O)cc(Cl)c(F)c1[C@@H]1CNC(=O)C1C(=O)OC. The molecule has 1 fully saturated rings. The van der Waals surface area contributed by atoms with Crippen LogP contribution in [0.25, 0.3) is 0 Å². The quantitative estimate of drug-likeness (QED) is 0.620. The van der Waals surface area contributed by atoms with Gasteiger partial charge in [0, 0.05) is 23.6 Å². The molecule has 1 aromatic carbocycles. The van der Waals surface area contributed by atoms with E-state index in [0.29, 0.717) is 5.56 Å². The average molecular weight is 360 g/mol. The summed E-state index contributed by atoms with van der Waals surface area (Å²) in [7, 11) is 1.16. The predicted octanol–water partition coefficient (Wildman–Crippen LogP) is 1.93. The first-order chi connectivity index (χ1) is 11.3. The highest BCUT2D eigenvalue weighted by molar-refractivity contribution is 6.31. The van der Waals surface area contributed by atoms with Crippen LogP contribution in [-0.4, -0.2) is 37.2 Å². The Balaban J connectivity index is 2.67. The van der Waals surface area contributed by atoms with Crippen LogP contribution >= 0.6 is 11.6 Å². The number of aliphatic hydroxyl groups is 1. The normalized spacial score (nSPS) is 21.3. The van der Waals surface area contributed by atoms with Gasteiger partial charge in [-0.3, -0.25) is 9.59 Å². The maximum absolute atomic E-state index is 14.8. The number of hydrogen-bond acceptors (Lipinski definition) is 5. The second-order valence-corrected chi connectivity index (χ2v) is 5.87. The number of hydrogen-bond donors (Lipinski definition) is 2. The Bertz CT molecular complexity index is 664. The molecule has 24 heavy (non-hydrogen) atoms. The topological polar surface area (TPSA) is 84.9 Å². The molecule has 1 unspecified atom stereocenters. The summed E-state index contributed by atoms with van der Waals surface area (Å²) in [6.07, 6.45) is -0.968. The van der Waals surface area contributed by atoms with Gasteiger partial charge in [0.05, 0.1) is 24.8 Å². The van der Waals surface area contributed by atoms with Gasteiger partial charge in [-0.1, -0.05) is 11.6 Å². The van der Waals surface area contributed by atoms with Crippen LogP contribution in [0.1, 0.15) is 37.0 Å². The summed E-state index contributed by atoms with van der Waals surface area (Å²) in [6.45, 7) is 3.45. The molecule has 0 spiro atoms. The molecule has 0 aliphatic carbocycles. The lowest BCUT2D eigenvalue weighted by molar-refractivity contribution is -0.149. The van der Waals surface area contributed by atoms with Crippen molar-refractivity contribution in [1.82, 2.24) is 5.32 Å². The van der Waals surface area contributed by atoms with E-state index in [4.69, 9.17) is 16.3 Å². The van der Waals surface area contributed by atoms with E-state index in [1.807, 2.05) is 0 Å². The number of nitrogens with one attached hydrogen (secondary N) is 1. The highest BCUT2D eigenvalue weighted by atomic mass is 35.5. The van der Waals surface area contributed by atoms with E-state index < -0.39 is 35.6 Å². The maximum atomic E-state index is 14.8. The third-order valence-corrected chi connectivity index (χ3v) is 4.26. The second kappa shape index (κ2) is 7.36. The number of carbonyl (C=O) groups is 2. The Kier molecular flexibility index (Phi) is 5.66. The summed E-state index contributed by atoms with van der Waals surface area (Å²) in [5.74, 6) is -4.04. The van der Waals surface area contributed by atoms with Crippen LogP contribution in [0.3, 0.4) is 0 Å². The van der Waals surface area contributed by atoms with Gasteiger partial charge in [0.2, 0.25) is 5.91 Å². The standard InChI is InChI=1S/C16H19ClFNO5/c1-4-24-14-8(7(2)20)5-10(17)13(18)11(14)9-6-19-15(21)12(9)16(22)23-3/h5,7,9,12,20H,4,6H2,1-3H3,(H,19,21)/t7-,9+,12?/m1/s1. The Morgan fingerprint density at radius 3 is 2.79 bits per heavy atom. The average Bonchev–Trinajstić information content (AvgIpc) is 2.91. The molecule has 3 atom stereocenters. The van der Waals surface area contributed by atoms with E-state index >= 15 is 0 Å². The molecule has 0 saturated carbocycles. The third-order valence-electron chi connectivity index (χ3n) is 3.98. The minimum Gasteiger partial charge on any atom is -0.493 e. The number of aliphatic hydroxyl groups excluding tert-OH is 1. The van der Waals surface area contributed by atoms with Crippen molar-refractivity contribution in [3.05, 3.63) is 28.0 Å². The Morgan fingerprint density at radius 1 is 1.58 bits per heavy atom. The number of esters is 1. The van der Waals surface area contributed by atoms with Crippen molar-refractivity contribution in [3.63, 3.8) is 0 Å². The smallest absolute Gasteiger partial charge is 0.318 e. The molecule has 1 saturated heterocycles. The van der Waals surface area contributed by atoms with Crippen molar-refractivity contribution in [2.24, 2.45) is 5.92 Å². The van der Waals surface area contributed by atoms with Crippen LogP contribution in [0.4, 0.5) is 4.39 Å². The van der Waals surface area contributed by atoms with E-state index in [1.165, 1.54) is 13.0 Å². The maximum Gasteiger partial charge on any atom is 0.318 e. The Morgan fingerprint density at radius 2 is 2.25 bits per heavy atom. The fourth-order valence-corrected chi connectivity index (χ4v) is 3.10. The Hall–Kier alpha value is -1.86. The van der Waals surface area contributed by atoms with Gasteiger partial charge in [0.15, 0.2) is 0 Å². The van der Waals surface area contributed by atoms with Gasteiger partial charge in [-0.15, -0.1) is 0 Å². The van der Waals surface area contributed by atoms with Crippen LogP contribution in [0, 0.1) is 11.7 Å². The largest absolute Gasteiger partial charge is 0.493 e. The number of halogens is 2. The molecular formula is C16H19ClFNO5. The number of ether oxygens (including phenoxy) is 2. The van der Waals surface area contributed by atoms with E-state index in [1.54, 1.807) is 6.92 Å². The molecule has 1 aliphatic heterocycles. The summed E-state index contributed by atoms with van der Waals surface area (Å²) >= 11 is 5.95. The van der Waals surface area contributed by atoms with Crippen molar-refractivity contribution in [2.75, 3.05) is 20.3 Å². The number of amides is 1. The zero-order valence-corrected chi connectivity index (χ0v) is 14.3. The fraction of sp³-hybridized carbons (Fsp3) is 0.500. The Labute approximate surface area is 143 Å². The minimum atomic E-state index is -1.20. The van der Waals surface area contributed by atoms with E-state index in [9.17, 15) is 19.1 Å². The number of methoxy groups -OCH3 is 1. The lowest BCUT2D eigenvalue weighted by atomic mass is 9.86. The first-order valence-corrected chi connectivity index (χ1v) is 7.89. The van der Waals surface area contributed by atoms with Crippen molar-refractivity contribution < 1.29 is 28.6 Å². The zero-order valence-electron chi connectivity index (χ0n) is 13.6. The lowest BCUT2D eigenvalue weighted by Gasteiger charge is -2.23. The molecule has 0 aromatic heterocycles. The lowest BCUT2D eigenvalue weighted by Crippen LogP contribution is -2.28. The van der Waals surface area contributed by atoms with E-state index in [0.717, 1.165) is 7.11 Å². The highest BCUT2D eigenvalue weighted by Gasteiger charge is 2.45.